The fourth-order valence-electron chi connectivity index (χ4n) is 2.71. The standard InChI is InChI=1S/C17H19N/c1-13-6-9-16(10-7-13)18-17-11-8-14-4-2-3-5-15(14)12-17/h2-7,9-10,17-18H,8,11-12H2,1H3. The summed E-state index contributed by atoms with van der Waals surface area (Å²) in [5.41, 5.74) is 5.59. The molecule has 1 nitrogen and oxygen atoms in total. The van der Waals surface area contributed by atoms with Gasteiger partial charge < -0.3 is 5.32 Å². The minimum absolute atomic E-state index is 0.572. The van der Waals surface area contributed by atoms with Crippen molar-refractivity contribution in [2.75, 3.05) is 5.32 Å². The number of fused-ring (bicyclic) bond motifs is 1. The summed E-state index contributed by atoms with van der Waals surface area (Å²) in [6, 6.07) is 18.1. The van der Waals surface area contributed by atoms with Crippen LogP contribution in [0.4, 0.5) is 5.69 Å². The van der Waals surface area contributed by atoms with Crippen LogP contribution < -0.4 is 5.32 Å². The molecule has 0 aliphatic heterocycles. The molecule has 2 aromatic carbocycles. The van der Waals surface area contributed by atoms with Crippen LogP contribution in [0.25, 0.3) is 0 Å². The second-order valence-electron chi connectivity index (χ2n) is 5.22. The van der Waals surface area contributed by atoms with Gasteiger partial charge in [0.2, 0.25) is 0 Å². The number of nitrogens with one attached hydrogen (secondary N) is 1. The maximum Gasteiger partial charge on any atom is 0.0342 e. The Bertz CT molecular complexity index is 528. The van der Waals surface area contributed by atoms with Crippen molar-refractivity contribution in [3.8, 4) is 0 Å². The number of hydrogen-bond acceptors (Lipinski definition) is 1. The number of rotatable bonds is 2. The topological polar surface area (TPSA) is 12.0 Å². The van der Waals surface area contributed by atoms with Gasteiger partial charge in [-0.15, -0.1) is 0 Å². The summed E-state index contributed by atoms with van der Waals surface area (Å²) in [4.78, 5) is 0. The van der Waals surface area contributed by atoms with Crippen molar-refractivity contribution in [2.45, 2.75) is 32.2 Å². The van der Waals surface area contributed by atoms with Crippen LogP contribution in [0.3, 0.4) is 0 Å². The predicted molar refractivity (Wildman–Crippen MR) is 77.1 cm³/mol. The molecule has 0 radical (unpaired) electrons. The van der Waals surface area contributed by atoms with Gasteiger partial charge in [-0.05, 0) is 49.4 Å². The van der Waals surface area contributed by atoms with Crippen molar-refractivity contribution < 1.29 is 0 Å². The van der Waals surface area contributed by atoms with Gasteiger partial charge in [0.15, 0.2) is 0 Å². The second kappa shape index (κ2) is 4.85. The van der Waals surface area contributed by atoms with Crippen LogP contribution in [0.2, 0.25) is 0 Å². The monoisotopic (exact) mass is 237 g/mol. The van der Waals surface area contributed by atoms with E-state index in [1.165, 1.54) is 35.2 Å². The maximum absolute atomic E-state index is 3.65. The minimum Gasteiger partial charge on any atom is -0.382 e. The van der Waals surface area contributed by atoms with Crippen LogP contribution in [-0.2, 0) is 12.8 Å². The zero-order valence-electron chi connectivity index (χ0n) is 10.8. The fraction of sp³-hybridized carbons (Fsp3) is 0.294. The molecule has 0 bridgehead atoms. The Labute approximate surface area is 109 Å². The fourth-order valence-corrected chi connectivity index (χ4v) is 2.71. The van der Waals surface area contributed by atoms with E-state index in [9.17, 15) is 0 Å². The third-order valence-corrected chi connectivity index (χ3v) is 3.77. The van der Waals surface area contributed by atoms with Crippen LogP contribution in [0.5, 0.6) is 0 Å². The average molecular weight is 237 g/mol. The number of hydrogen-bond donors (Lipinski definition) is 1. The molecular formula is C17H19N. The van der Waals surface area contributed by atoms with E-state index in [1.807, 2.05) is 0 Å². The number of anilines is 1. The highest BCUT2D eigenvalue weighted by molar-refractivity contribution is 5.46. The molecular weight excluding hydrogens is 218 g/mol. The summed E-state index contributed by atoms with van der Waals surface area (Å²) in [5.74, 6) is 0. The van der Waals surface area contributed by atoms with Crippen molar-refractivity contribution in [2.24, 2.45) is 0 Å². The molecule has 18 heavy (non-hydrogen) atoms. The van der Waals surface area contributed by atoms with E-state index in [4.69, 9.17) is 0 Å². The predicted octanol–water partition coefficient (Wildman–Crippen LogP) is 3.96. The quantitative estimate of drug-likeness (QED) is 0.833. The van der Waals surface area contributed by atoms with Gasteiger partial charge >= 0.3 is 0 Å². The molecule has 92 valence electrons. The first-order valence-electron chi connectivity index (χ1n) is 6.71. The zero-order valence-corrected chi connectivity index (χ0v) is 10.8. The Morgan fingerprint density at radius 2 is 1.67 bits per heavy atom. The van der Waals surface area contributed by atoms with Crippen LogP contribution in [0.15, 0.2) is 48.5 Å². The number of aryl methyl sites for hydroxylation is 2. The molecule has 0 amide bonds. The first-order chi connectivity index (χ1) is 8.81. The van der Waals surface area contributed by atoms with Gasteiger partial charge in [0.05, 0.1) is 0 Å². The van der Waals surface area contributed by atoms with E-state index in [-0.39, 0.29) is 0 Å². The van der Waals surface area contributed by atoms with Gasteiger partial charge in [-0.1, -0.05) is 42.0 Å². The highest BCUT2D eigenvalue weighted by Gasteiger charge is 2.17. The summed E-state index contributed by atoms with van der Waals surface area (Å²) in [5, 5.41) is 3.65. The molecule has 1 aliphatic carbocycles. The molecule has 0 spiro atoms. The number of benzene rings is 2. The molecule has 1 heteroatoms. The van der Waals surface area contributed by atoms with Gasteiger partial charge in [-0.2, -0.15) is 0 Å². The van der Waals surface area contributed by atoms with E-state index in [0.29, 0.717) is 6.04 Å². The summed E-state index contributed by atoms with van der Waals surface area (Å²) < 4.78 is 0. The van der Waals surface area contributed by atoms with Gasteiger partial charge in [-0.3, -0.25) is 0 Å². The van der Waals surface area contributed by atoms with Gasteiger partial charge in [0.25, 0.3) is 0 Å². The molecule has 0 fully saturated rings. The average Bonchev–Trinajstić information content (AvgIpc) is 2.41. The molecule has 0 aromatic heterocycles. The Morgan fingerprint density at radius 3 is 2.44 bits per heavy atom. The van der Waals surface area contributed by atoms with Crippen molar-refractivity contribution in [3.63, 3.8) is 0 Å². The van der Waals surface area contributed by atoms with E-state index < -0.39 is 0 Å². The van der Waals surface area contributed by atoms with Crippen LogP contribution in [0, 0.1) is 6.92 Å². The lowest BCUT2D eigenvalue weighted by molar-refractivity contribution is 0.611. The van der Waals surface area contributed by atoms with E-state index >= 15 is 0 Å². The first kappa shape index (κ1) is 11.3. The molecule has 1 N–H and O–H groups in total. The third-order valence-electron chi connectivity index (χ3n) is 3.77. The molecule has 1 unspecified atom stereocenters. The van der Waals surface area contributed by atoms with Crippen LogP contribution in [0.1, 0.15) is 23.1 Å². The summed E-state index contributed by atoms with van der Waals surface area (Å²) >= 11 is 0. The molecule has 1 atom stereocenters. The Kier molecular flexibility index (Phi) is 3.06. The SMILES string of the molecule is Cc1ccc(NC2CCc3ccccc3C2)cc1. The lowest BCUT2D eigenvalue weighted by Crippen LogP contribution is -2.27. The third kappa shape index (κ3) is 2.40. The van der Waals surface area contributed by atoms with Crippen LogP contribution >= 0.6 is 0 Å². The lowest BCUT2D eigenvalue weighted by Gasteiger charge is -2.26. The van der Waals surface area contributed by atoms with Crippen molar-refractivity contribution in [3.05, 3.63) is 65.2 Å². The van der Waals surface area contributed by atoms with Gasteiger partial charge in [0, 0.05) is 11.7 Å². The Morgan fingerprint density at radius 1 is 0.944 bits per heavy atom. The highest BCUT2D eigenvalue weighted by atomic mass is 14.9. The molecule has 0 saturated carbocycles. The highest BCUT2D eigenvalue weighted by Crippen LogP contribution is 2.23. The summed E-state index contributed by atoms with van der Waals surface area (Å²) in [6.07, 6.45) is 3.56. The minimum atomic E-state index is 0.572. The molecule has 3 rings (SSSR count). The normalized spacial score (nSPS) is 18.2. The summed E-state index contributed by atoms with van der Waals surface area (Å²) in [7, 11) is 0. The second-order valence-corrected chi connectivity index (χ2v) is 5.22. The molecule has 1 aliphatic rings. The van der Waals surface area contributed by atoms with Gasteiger partial charge in [0.1, 0.15) is 0 Å². The summed E-state index contributed by atoms with van der Waals surface area (Å²) in [6.45, 7) is 2.13. The van der Waals surface area contributed by atoms with Gasteiger partial charge in [-0.25, -0.2) is 0 Å². The first-order valence-corrected chi connectivity index (χ1v) is 6.71. The van der Waals surface area contributed by atoms with Crippen molar-refractivity contribution >= 4 is 5.69 Å². The zero-order chi connectivity index (χ0) is 12.4. The van der Waals surface area contributed by atoms with E-state index in [2.05, 4.69) is 60.8 Å². The Balaban J connectivity index is 1.71. The molecule has 0 saturated heterocycles. The van der Waals surface area contributed by atoms with E-state index in [1.54, 1.807) is 0 Å². The molecule has 2 aromatic rings. The Hall–Kier alpha value is -1.76. The molecule has 0 heterocycles. The van der Waals surface area contributed by atoms with Crippen LogP contribution in [-0.4, -0.2) is 6.04 Å². The van der Waals surface area contributed by atoms with Crippen molar-refractivity contribution in [1.82, 2.24) is 0 Å². The maximum atomic E-state index is 3.65. The van der Waals surface area contributed by atoms with E-state index in [0.717, 1.165) is 6.42 Å². The smallest absolute Gasteiger partial charge is 0.0342 e. The largest absolute Gasteiger partial charge is 0.382 e. The lowest BCUT2D eigenvalue weighted by atomic mass is 9.88. The van der Waals surface area contributed by atoms with Crippen molar-refractivity contribution in [1.29, 1.82) is 0 Å².